The van der Waals surface area contributed by atoms with Crippen LogP contribution in [0.4, 0.5) is 5.69 Å². The van der Waals surface area contributed by atoms with Crippen LogP contribution in [0.25, 0.3) is 10.9 Å². The lowest BCUT2D eigenvalue weighted by molar-refractivity contribution is -0.119. The molecule has 6 nitrogen and oxygen atoms in total. The molecule has 0 unspecified atom stereocenters. The van der Waals surface area contributed by atoms with Gasteiger partial charge in [0.2, 0.25) is 5.91 Å². The number of rotatable bonds is 4. The number of fused-ring (bicyclic) bond motifs is 1. The topological polar surface area (TPSA) is 114 Å². The predicted molar refractivity (Wildman–Crippen MR) is 78.1 cm³/mol. The first-order valence-electron chi connectivity index (χ1n) is 6.26. The van der Waals surface area contributed by atoms with E-state index in [2.05, 4.69) is 10.3 Å². The Balaban J connectivity index is 2.23. The Kier molecular flexibility index (Phi) is 3.40. The Morgan fingerprint density at radius 2 is 2.05 bits per heavy atom. The zero-order valence-electron chi connectivity index (χ0n) is 11.5. The number of anilines is 1. The van der Waals surface area contributed by atoms with Crippen molar-refractivity contribution in [1.82, 2.24) is 10.3 Å². The highest BCUT2D eigenvalue weighted by molar-refractivity contribution is 6.01. The van der Waals surface area contributed by atoms with Gasteiger partial charge in [-0.25, -0.2) is 0 Å². The molecule has 0 spiro atoms. The average Bonchev–Trinajstić information content (AvgIpc) is 2.71. The van der Waals surface area contributed by atoms with Crippen LogP contribution in [-0.4, -0.2) is 22.3 Å². The molecule has 0 aliphatic heterocycles. The van der Waals surface area contributed by atoms with Crippen molar-refractivity contribution in [2.75, 3.05) is 5.73 Å². The molecular weight excluding hydrogens is 256 g/mol. The van der Waals surface area contributed by atoms with Crippen molar-refractivity contribution in [3.63, 3.8) is 0 Å². The van der Waals surface area contributed by atoms with E-state index in [1.54, 1.807) is 26.0 Å². The Morgan fingerprint density at radius 3 is 2.65 bits per heavy atom. The van der Waals surface area contributed by atoms with Gasteiger partial charge in [0, 0.05) is 17.3 Å². The lowest BCUT2D eigenvalue weighted by atomic mass is 10.00. The monoisotopic (exact) mass is 274 g/mol. The third-order valence-corrected chi connectivity index (χ3v) is 3.00. The summed E-state index contributed by atoms with van der Waals surface area (Å²) in [6.07, 6.45) is 0.0705. The summed E-state index contributed by atoms with van der Waals surface area (Å²) >= 11 is 0. The maximum absolute atomic E-state index is 12.2. The van der Waals surface area contributed by atoms with E-state index in [0.717, 1.165) is 10.9 Å². The number of aromatic nitrogens is 1. The Hall–Kier alpha value is -2.50. The van der Waals surface area contributed by atoms with E-state index in [1.165, 1.54) is 0 Å². The van der Waals surface area contributed by atoms with Gasteiger partial charge in [0.25, 0.3) is 5.91 Å². The van der Waals surface area contributed by atoms with Crippen LogP contribution < -0.4 is 16.8 Å². The van der Waals surface area contributed by atoms with E-state index in [9.17, 15) is 9.59 Å². The van der Waals surface area contributed by atoms with Crippen LogP contribution in [-0.2, 0) is 4.79 Å². The average molecular weight is 274 g/mol. The minimum Gasteiger partial charge on any atom is -0.397 e. The number of aromatic amines is 1. The first kappa shape index (κ1) is 13.9. The van der Waals surface area contributed by atoms with Crippen molar-refractivity contribution in [2.45, 2.75) is 25.8 Å². The van der Waals surface area contributed by atoms with Gasteiger partial charge in [-0.2, -0.15) is 0 Å². The second-order valence-electron chi connectivity index (χ2n) is 5.48. The second-order valence-corrected chi connectivity index (χ2v) is 5.48. The van der Waals surface area contributed by atoms with E-state index < -0.39 is 11.4 Å². The summed E-state index contributed by atoms with van der Waals surface area (Å²) < 4.78 is 0. The number of primary amides is 1. The Bertz CT molecular complexity index is 673. The molecule has 0 bridgehead atoms. The summed E-state index contributed by atoms with van der Waals surface area (Å²) in [5.74, 6) is -0.761. The molecule has 20 heavy (non-hydrogen) atoms. The van der Waals surface area contributed by atoms with Gasteiger partial charge in [-0.1, -0.05) is 12.1 Å². The van der Waals surface area contributed by atoms with E-state index in [0.29, 0.717) is 11.4 Å². The van der Waals surface area contributed by atoms with Crippen LogP contribution in [0.15, 0.2) is 24.3 Å². The molecule has 0 aliphatic carbocycles. The fourth-order valence-corrected chi connectivity index (χ4v) is 2.16. The number of nitrogens with two attached hydrogens (primary N) is 2. The van der Waals surface area contributed by atoms with Gasteiger partial charge in [-0.3, -0.25) is 9.59 Å². The minimum atomic E-state index is -0.703. The highest BCUT2D eigenvalue weighted by Crippen LogP contribution is 2.21. The molecule has 0 atom stereocenters. The third kappa shape index (κ3) is 2.90. The molecule has 1 heterocycles. The zero-order valence-corrected chi connectivity index (χ0v) is 11.5. The van der Waals surface area contributed by atoms with Gasteiger partial charge in [-0.05, 0) is 26.0 Å². The first-order valence-corrected chi connectivity index (χ1v) is 6.26. The van der Waals surface area contributed by atoms with Crippen LogP contribution >= 0.6 is 0 Å². The first-order chi connectivity index (χ1) is 9.28. The van der Waals surface area contributed by atoms with Crippen molar-refractivity contribution in [1.29, 1.82) is 0 Å². The molecule has 1 aromatic heterocycles. The fraction of sp³-hybridized carbons (Fsp3) is 0.286. The van der Waals surface area contributed by atoms with Crippen LogP contribution in [0.5, 0.6) is 0 Å². The smallest absolute Gasteiger partial charge is 0.268 e. The van der Waals surface area contributed by atoms with E-state index in [4.69, 9.17) is 11.5 Å². The third-order valence-electron chi connectivity index (χ3n) is 3.00. The summed E-state index contributed by atoms with van der Waals surface area (Å²) in [5.41, 5.74) is 12.0. The highest BCUT2D eigenvalue weighted by atomic mass is 16.2. The van der Waals surface area contributed by atoms with Gasteiger partial charge >= 0.3 is 0 Å². The fourth-order valence-electron chi connectivity index (χ4n) is 2.16. The number of hydrogen-bond acceptors (Lipinski definition) is 3. The summed E-state index contributed by atoms with van der Waals surface area (Å²) in [7, 11) is 0. The van der Waals surface area contributed by atoms with E-state index >= 15 is 0 Å². The molecule has 0 saturated carbocycles. The number of nitrogens with one attached hydrogen (secondary N) is 2. The minimum absolute atomic E-state index is 0.0705. The molecule has 6 N–H and O–H groups in total. The summed E-state index contributed by atoms with van der Waals surface area (Å²) in [4.78, 5) is 26.1. The number of hydrogen-bond donors (Lipinski definition) is 4. The van der Waals surface area contributed by atoms with Crippen LogP contribution in [0.1, 0.15) is 30.8 Å². The molecule has 6 heteroatoms. The van der Waals surface area contributed by atoms with Crippen LogP contribution in [0.3, 0.4) is 0 Å². The normalized spacial score (nSPS) is 11.5. The molecule has 0 saturated heterocycles. The van der Waals surface area contributed by atoms with Crippen LogP contribution in [0, 0.1) is 0 Å². The molecular formula is C14H18N4O2. The van der Waals surface area contributed by atoms with Crippen molar-refractivity contribution in [3.8, 4) is 0 Å². The van der Waals surface area contributed by atoms with Gasteiger partial charge in [-0.15, -0.1) is 0 Å². The highest BCUT2D eigenvalue weighted by Gasteiger charge is 2.24. The van der Waals surface area contributed by atoms with Gasteiger partial charge in [0.05, 0.1) is 11.2 Å². The lowest BCUT2D eigenvalue weighted by Gasteiger charge is -2.24. The largest absolute Gasteiger partial charge is 0.397 e. The Morgan fingerprint density at radius 1 is 1.35 bits per heavy atom. The molecule has 1 aromatic carbocycles. The molecule has 2 rings (SSSR count). The molecule has 106 valence electrons. The van der Waals surface area contributed by atoms with Gasteiger partial charge in [0.15, 0.2) is 0 Å². The second kappa shape index (κ2) is 4.88. The van der Waals surface area contributed by atoms with Crippen molar-refractivity contribution in [3.05, 3.63) is 30.0 Å². The van der Waals surface area contributed by atoms with Gasteiger partial charge in [0.1, 0.15) is 5.69 Å². The number of amides is 2. The van der Waals surface area contributed by atoms with Crippen molar-refractivity contribution >= 4 is 28.4 Å². The molecule has 2 amide bonds. The van der Waals surface area contributed by atoms with Crippen molar-refractivity contribution < 1.29 is 9.59 Å². The SMILES string of the molecule is CC(C)(CC(N)=O)NC(=O)c1cc2cccc(N)c2[nH]1. The van der Waals surface area contributed by atoms with Gasteiger partial charge < -0.3 is 21.8 Å². The maximum atomic E-state index is 12.2. The van der Waals surface area contributed by atoms with Crippen LogP contribution in [0.2, 0.25) is 0 Å². The summed E-state index contributed by atoms with van der Waals surface area (Å²) in [6.45, 7) is 3.49. The standard InChI is InChI=1S/C14H18N4O2/c1-14(2,7-11(16)19)18-13(20)10-6-8-4-3-5-9(15)12(8)17-10/h3-6,17H,7,15H2,1-2H3,(H2,16,19)(H,18,20). The number of carbonyl (C=O) groups is 2. The predicted octanol–water partition coefficient (Wildman–Crippen LogP) is 1.13. The number of benzene rings is 1. The number of para-hydroxylation sites is 1. The quantitative estimate of drug-likeness (QED) is 0.626. The lowest BCUT2D eigenvalue weighted by Crippen LogP contribution is -2.46. The van der Waals surface area contributed by atoms with Crippen molar-refractivity contribution in [2.24, 2.45) is 5.73 Å². The van der Waals surface area contributed by atoms with E-state index in [1.807, 2.05) is 12.1 Å². The zero-order chi connectivity index (χ0) is 14.9. The summed E-state index contributed by atoms with van der Waals surface area (Å²) in [5, 5.41) is 3.64. The molecule has 0 aliphatic rings. The number of carbonyl (C=O) groups excluding carboxylic acids is 2. The summed E-state index contributed by atoms with van der Waals surface area (Å²) in [6, 6.07) is 7.18. The number of H-pyrrole nitrogens is 1. The van der Waals surface area contributed by atoms with E-state index in [-0.39, 0.29) is 12.3 Å². The molecule has 2 aromatic rings. The molecule has 0 fully saturated rings. The molecule has 0 radical (unpaired) electrons. The Labute approximate surface area is 116 Å². The maximum Gasteiger partial charge on any atom is 0.268 e. The number of nitrogen functional groups attached to an aromatic ring is 1.